The average molecular weight is 294 g/mol. The molecule has 0 saturated heterocycles. The summed E-state index contributed by atoms with van der Waals surface area (Å²) in [6, 6.07) is 5.59. The van der Waals surface area contributed by atoms with E-state index < -0.39 is 6.10 Å². The van der Waals surface area contributed by atoms with Gasteiger partial charge in [0.1, 0.15) is 18.5 Å². The molecule has 0 spiro atoms. The van der Waals surface area contributed by atoms with Crippen molar-refractivity contribution in [2.45, 2.75) is 39.8 Å². The molecule has 0 fully saturated rings. The van der Waals surface area contributed by atoms with Crippen LogP contribution in [0.1, 0.15) is 25.0 Å². The minimum atomic E-state index is -0.666. The van der Waals surface area contributed by atoms with Crippen LogP contribution in [0.25, 0.3) is 0 Å². The normalized spacial score (nSPS) is 13.6. The largest absolute Gasteiger partial charge is 0.490 e. The van der Waals surface area contributed by atoms with E-state index in [0.29, 0.717) is 13.1 Å². The fourth-order valence-electron chi connectivity index (χ4n) is 2.00. The quantitative estimate of drug-likeness (QED) is 0.673. The van der Waals surface area contributed by atoms with Crippen LogP contribution in [-0.2, 0) is 4.79 Å². The molecule has 21 heavy (non-hydrogen) atoms. The number of aryl methyl sites for hydroxylation is 2. The number of rotatable bonds is 8. The van der Waals surface area contributed by atoms with Crippen LogP contribution < -0.4 is 15.4 Å². The minimum Gasteiger partial charge on any atom is -0.490 e. The van der Waals surface area contributed by atoms with Gasteiger partial charge in [0, 0.05) is 13.1 Å². The number of amides is 1. The Balaban J connectivity index is 2.38. The summed E-state index contributed by atoms with van der Waals surface area (Å²) < 4.78 is 5.68. The molecular weight excluding hydrogens is 268 g/mol. The summed E-state index contributed by atoms with van der Waals surface area (Å²) in [5, 5.41) is 15.7. The Bertz CT molecular complexity index is 443. The van der Waals surface area contributed by atoms with Crippen LogP contribution in [-0.4, -0.2) is 42.9 Å². The van der Waals surface area contributed by atoms with Gasteiger partial charge in [0.2, 0.25) is 5.91 Å². The number of para-hydroxylation sites is 1. The van der Waals surface area contributed by atoms with Gasteiger partial charge in [-0.15, -0.1) is 0 Å². The fourth-order valence-corrected chi connectivity index (χ4v) is 2.00. The first kappa shape index (κ1) is 17.5. The molecule has 118 valence electrons. The van der Waals surface area contributed by atoms with Crippen LogP contribution in [0.2, 0.25) is 0 Å². The number of carbonyl (C=O) groups is 1. The van der Waals surface area contributed by atoms with E-state index in [1.54, 1.807) is 6.92 Å². The maximum Gasteiger partial charge on any atom is 0.236 e. The van der Waals surface area contributed by atoms with Crippen molar-refractivity contribution in [1.82, 2.24) is 10.6 Å². The van der Waals surface area contributed by atoms with Crippen molar-refractivity contribution >= 4 is 5.91 Å². The summed E-state index contributed by atoms with van der Waals surface area (Å²) in [7, 11) is 0. The zero-order valence-corrected chi connectivity index (χ0v) is 13.3. The lowest BCUT2D eigenvalue weighted by Crippen LogP contribution is -2.45. The molecule has 0 heterocycles. The van der Waals surface area contributed by atoms with Crippen LogP contribution >= 0.6 is 0 Å². The highest BCUT2D eigenvalue weighted by Crippen LogP contribution is 2.22. The van der Waals surface area contributed by atoms with E-state index in [1.807, 2.05) is 39.0 Å². The number of hydrogen-bond acceptors (Lipinski definition) is 4. The first-order valence-corrected chi connectivity index (χ1v) is 7.33. The third-order valence-corrected chi connectivity index (χ3v) is 3.23. The Morgan fingerprint density at radius 2 is 1.95 bits per heavy atom. The topological polar surface area (TPSA) is 70.6 Å². The molecule has 0 saturated carbocycles. The molecule has 1 aromatic carbocycles. The fraction of sp³-hybridized carbons (Fsp3) is 0.562. The van der Waals surface area contributed by atoms with E-state index in [1.165, 1.54) is 0 Å². The summed E-state index contributed by atoms with van der Waals surface area (Å²) in [6.45, 7) is 8.70. The Morgan fingerprint density at radius 3 is 2.52 bits per heavy atom. The Kier molecular flexibility index (Phi) is 7.19. The second-order valence-corrected chi connectivity index (χ2v) is 5.21. The SMILES string of the molecule is CCNC(=O)C(C)NCC(O)COc1c(C)cccc1C. The van der Waals surface area contributed by atoms with E-state index in [4.69, 9.17) is 4.74 Å². The van der Waals surface area contributed by atoms with Crippen LogP contribution in [0, 0.1) is 13.8 Å². The number of ether oxygens (including phenoxy) is 1. The number of aliphatic hydroxyl groups excluding tert-OH is 1. The summed E-state index contributed by atoms with van der Waals surface area (Å²) in [6.07, 6.45) is -0.666. The molecule has 2 unspecified atom stereocenters. The smallest absolute Gasteiger partial charge is 0.236 e. The van der Waals surface area contributed by atoms with E-state index in [9.17, 15) is 9.90 Å². The lowest BCUT2D eigenvalue weighted by Gasteiger charge is -2.18. The highest BCUT2D eigenvalue weighted by molar-refractivity contribution is 5.81. The number of likely N-dealkylation sites (N-methyl/N-ethyl adjacent to an activating group) is 1. The molecule has 0 aliphatic heterocycles. The van der Waals surface area contributed by atoms with Crippen LogP contribution in [0.5, 0.6) is 5.75 Å². The van der Waals surface area contributed by atoms with Gasteiger partial charge in [-0.25, -0.2) is 0 Å². The van der Waals surface area contributed by atoms with Gasteiger partial charge < -0.3 is 20.5 Å². The molecule has 1 aromatic rings. The van der Waals surface area contributed by atoms with Gasteiger partial charge in [-0.2, -0.15) is 0 Å². The number of carbonyl (C=O) groups excluding carboxylic acids is 1. The maximum atomic E-state index is 11.5. The van der Waals surface area contributed by atoms with Gasteiger partial charge in [0.15, 0.2) is 0 Å². The average Bonchev–Trinajstić information content (AvgIpc) is 2.44. The highest BCUT2D eigenvalue weighted by atomic mass is 16.5. The Morgan fingerprint density at radius 1 is 1.33 bits per heavy atom. The summed E-state index contributed by atoms with van der Waals surface area (Å²) in [4.78, 5) is 11.5. The molecular formula is C16H26N2O3. The Labute approximate surface area is 126 Å². The molecule has 0 aliphatic carbocycles. The lowest BCUT2D eigenvalue weighted by molar-refractivity contribution is -0.122. The summed E-state index contributed by atoms with van der Waals surface area (Å²) in [5.41, 5.74) is 2.09. The first-order valence-electron chi connectivity index (χ1n) is 7.33. The van der Waals surface area contributed by atoms with Crippen molar-refractivity contribution in [2.75, 3.05) is 19.7 Å². The second-order valence-electron chi connectivity index (χ2n) is 5.21. The van der Waals surface area contributed by atoms with Crippen LogP contribution in [0.4, 0.5) is 0 Å². The molecule has 1 rings (SSSR count). The third kappa shape index (κ3) is 5.73. The summed E-state index contributed by atoms with van der Waals surface area (Å²) >= 11 is 0. The number of aliphatic hydroxyl groups is 1. The van der Waals surface area contributed by atoms with Gasteiger partial charge in [0.05, 0.1) is 6.04 Å². The molecule has 0 radical (unpaired) electrons. The molecule has 5 heteroatoms. The molecule has 0 bridgehead atoms. The van der Waals surface area contributed by atoms with Crippen molar-refractivity contribution < 1.29 is 14.6 Å². The van der Waals surface area contributed by atoms with Crippen LogP contribution in [0.15, 0.2) is 18.2 Å². The Hall–Kier alpha value is -1.59. The highest BCUT2D eigenvalue weighted by Gasteiger charge is 2.14. The first-order chi connectivity index (χ1) is 9.95. The minimum absolute atomic E-state index is 0.0691. The lowest BCUT2D eigenvalue weighted by atomic mass is 10.1. The summed E-state index contributed by atoms with van der Waals surface area (Å²) in [5.74, 6) is 0.744. The molecule has 1 amide bonds. The zero-order valence-electron chi connectivity index (χ0n) is 13.3. The van der Waals surface area contributed by atoms with Gasteiger partial charge in [-0.3, -0.25) is 4.79 Å². The van der Waals surface area contributed by atoms with E-state index >= 15 is 0 Å². The predicted octanol–water partition coefficient (Wildman–Crippen LogP) is 1.16. The van der Waals surface area contributed by atoms with Crippen molar-refractivity contribution in [2.24, 2.45) is 0 Å². The van der Waals surface area contributed by atoms with E-state index in [-0.39, 0.29) is 18.6 Å². The van der Waals surface area contributed by atoms with Gasteiger partial charge in [0.25, 0.3) is 0 Å². The molecule has 5 nitrogen and oxygen atoms in total. The molecule has 3 N–H and O–H groups in total. The third-order valence-electron chi connectivity index (χ3n) is 3.23. The van der Waals surface area contributed by atoms with Crippen molar-refractivity contribution in [3.8, 4) is 5.75 Å². The van der Waals surface area contributed by atoms with Gasteiger partial charge >= 0.3 is 0 Å². The van der Waals surface area contributed by atoms with Crippen LogP contribution in [0.3, 0.4) is 0 Å². The zero-order chi connectivity index (χ0) is 15.8. The van der Waals surface area contributed by atoms with E-state index in [0.717, 1.165) is 16.9 Å². The maximum absolute atomic E-state index is 11.5. The van der Waals surface area contributed by atoms with Crippen molar-refractivity contribution in [3.05, 3.63) is 29.3 Å². The molecule has 0 aromatic heterocycles. The monoisotopic (exact) mass is 294 g/mol. The molecule has 2 atom stereocenters. The van der Waals surface area contributed by atoms with Crippen molar-refractivity contribution in [3.63, 3.8) is 0 Å². The van der Waals surface area contributed by atoms with Gasteiger partial charge in [-0.1, -0.05) is 18.2 Å². The molecule has 0 aliphatic rings. The number of nitrogens with one attached hydrogen (secondary N) is 2. The standard InChI is InChI=1S/C16H26N2O3/c1-5-17-16(20)13(4)18-9-14(19)10-21-15-11(2)7-6-8-12(15)3/h6-8,13-14,18-19H,5,9-10H2,1-4H3,(H,17,20). The number of benzene rings is 1. The van der Waals surface area contributed by atoms with Crippen molar-refractivity contribution in [1.29, 1.82) is 0 Å². The van der Waals surface area contributed by atoms with E-state index in [2.05, 4.69) is 10.6 Å². The predicted molar refractivity (Wildman–Crippen MR) is 83.6 cm³/mol. The number of hydrogen-bond donors (Lipinski definition) is 3. The van der Waals surface area contributed by atoms with Gasteiger partial charge in [-0.05, 0) is 38.8 Å². The second kappa shape index (κ2) is 8.64.